The molecule has 1 aromatic rings. The summed E-state index contributed by atoms with van der Waals surface area (Å²) >= 11 is 0.974. The first-order valence-electron chi connectivity index (χ1n) is 5.49. The van der Waals surface area contributed by atoms with Crippen LogP contribution in [0.2, 0.25) is 0 Å². The Bertz CT molecular complexity index is 383. The summed E-state index contributed by atoms with van der Waals surface area (Å²) in [5, 5.41) is 0.266. The highest BCUT2D eigenvalue weighted by Crippen LogP contribution is 2.27. The van der Waals surface area contributed by atoms with Crippen molar-refractivity contribution in [3.05, 3.63) is 5.82 Å². The maximum atomic E-state index is 12.4. The summed E-state index contributed by atoms with van der Waals surface area (Å²) in [5.74, 6) is 0.548. The Morgan fingerprint density at radius 3 is 2.28 bits per heavy atom. The van der Waals surface area contributed by atoms with Gasteiger partial charge in [0.25, 0.3) is 0 Å². The molecule has 0 bridgehead atoms. The molecule has 1 rings (SSSR count). The molecule has 0 spiro atoms. The quantitative estimate of drug-likeness (QED) is 0.919. The van der Waals surface area contributed by atoms with Gasteiger partial charge in [0.05, 0.1) is 0 Å². The van der Waals surface area contributed by atoms with Crippen LogP contribution >= 0.6 is 11.5 Å². The van der Waals surface area contributed by atoms with Gasteiger partial charge in [0.2, 0.25) is 5.13 Å². The van der Waals surface area contributed by atoms with Crippen molar-refractivity contribution in [2.75, 3.05) is 24.5 Å². The van der Waals surface area contributed by atoms with E-state index in [1.165, 1.54) is 0 Å². The number of nitrogens with zero attached hydrogens (tertiary/aromatic N) is 3. The molecule has 0 aliphatic carbocycles. The molecule has 1 aromatic heterocycles. The van der Waals surface area contributed by atoms with Crippen molar-refractivity contribution in [1.82, 2.24) is 9.36 Å². The summed E-state index contributed by atoms with van der Waals surface area (Å²) in [6, 6.07) is 0. The van der Waals surface area contributed by atoms with Gasteiger partial charge in [-0.05, 0) is 0 Å². The topological polar surface area (TPSA) is 55.0 Å². The molecule has 104 valence electrons. The number of nitrogens with two attached hydrogens (primary N) is 1. The SMILES string of the molecule is CC(C)(C)c1nsc(N(CCN)CC(F)(F)F)n1. The number of rotatable bonds is 4. The molecule has 0 amide bonds. The summed E-state index contributed by atoms with van der Waals surface area (Å²) < 4.78 is 41.4. The highest BCUT2D eigenvalue weighted by Gasteiger charge is 2.32. The standard InChI is InChI=1S/C10H17F3N4S/c1-9(2,3)7-15-8(18-16-7)17(5-4-14)6-10(11,12)13/h4-6,14H2,1-3H3. The number of hydrogen-bond acceptors (Lipinski definition) is 5. The van der Waals surface area contributed by atoms with Gasteiger partial charge in [-0.25, -0.2) is 4.98 Å². The molecule has 0 aromatic carbocycles. The first kappa shape index (κ1) is 15.2. The van der Waals surface area contributed by atoms with Crippen LogP contribution in [0.3, 0.4) is 0 Å². The van der Waals surface area contributed by atoms with Gasteiger partial charge in [-0.1, -0.05) is 20.8 Å². The fourth-order valence-corrected chi connectivity index (χ4v) is 2.14. The Morgan fingerprint density at radius 2 is 1.89 bits per heavy atom. The smallest absolute Gasteiger partial charge is 0.336 e. The predicted molar refractivity (Wildman–Crippen MR) is 65.9 cm³/mol. The summed E-state index contributed by atoms with van der Waals surface area (Å²) in [6.07, 6.45) is -4.28. The maximum absolute atomic E-state index is 12.4. The van der Waals surface area contributed by atoms with Crippen molar-refractivity contribution >= 4 is 16.7 Å². The van der Waals surface area contributed by atoms with Crippen molar-refractivity contribution in [2.24, 2.45) is 5.73 Å². The Balaban J connectivity index is 2.89. The normalized spacial score (nSPS) is 12.8. The van der Waals surface area contributed by atoms with Gasteiger partial charge in [0, 0.05) is 30.0 Å². The number of hydrogen-bond donors (Lipinski definition) is 1. The van der Waals surface area contributed by atoms with E-state index in [0.29, 0.717) is 5.82 Å². The third-order valence-electron chi connectivity index (χ3n) is 2.13. The fraction of sp³-hybridized carbons (Fsp3) is 0.800. The van der Waals surface area contributed by atoms with Gasteiger partial charge in [-0.15, -0.1) is 0 Å². The van der Waals surface area contributed by atoms with Crippen LogP contribution in [-0.2, 0) is 5.41 Å². The minimum Gasteiger partial charge on any atom is -0.336 e. The van der Waals surface area contributed by atoms with Crippen LogP contribution in [0.25, 0.3) is 0 Å². The Hall–Kier alpha value is -0.890. The van der Waals surface area contributed by atoms with Crippen LogP contribution in [0.4, 0.5) is 18.3 Å². The van der Waals surface area contributed by atoms with Crippen LogP contribution in [0, 0.1) is 0 Å². The van der Waals surface area contributed by atoms with Crippen molar-refractivity contribution in [3.8, 4) is 0 Å². The zero-order chi connectivity index (χ0) is 14.0. The Kier molecular flexibility index (Phi) is 4.55. The molecule has 18 heavy (non-hydrogen) atoms. The highest BCUT2D eigenvalue weighted by molar-refractivity contribution is 7.09. The first-order chi connectivity index (χ1) is 8.13. The Morgan fingerprint density at radius 1 is 1.28 bits per heavy atom. The number of anilines is 1. The number of aromatic nitrogens is 2. The average Bonchev–Trinajstić information content (AvgIpc) is 2.62. The summed E-state index contributed by atoms with van der Waals surface area (Å²) in [7, 11) is 0. The molecule has 0 saturated heterocycles. The van der Waals surface area contributed by atoms with Crippen molar-refractivity contribution < 1.29 is 13.2 Å². The fourth-order valence-electron chi connectivity index (χ4n) is 1.26. The molecule has 0 saturated carbocycles. The van der Waals surface area contributed by atoms with Crippen molar-refractivity contribution in [2.45, 2.75) is 32.4 Å². The van der Waals surface area contributed by atoms with E-state index in [1.807, 2.05) is 20.8 Å². The average molecular weight is 282 g/mol. The largest absolute Gasteiger partial charge is 0.406 e. The molecule has 0 fully saturated rings. The van der Waals surface area contributed by atoms with E-state index >= 15 is 0 Å². The van der Waals surface area contributed by atoms with E-state index in [2.05, 4.69) is 9.36 Å². The van der Waals surface area contributed by atoms with E-state index < -0.39 is 12.7 Å². The van der Waals surface area contributed by atoms with E-state index in [4.69, 9.17) is 5.73 Å². The molecular formula is C10H17F3N4S. The molecule has 0 atom stereocenters. The molecule has 4 nitrogen and oxygen atoms in total. The second kappa shape index (κ2) is 5.40. The van der Waals surface area contributed by atoms with Crippen LogP contribution in [0.15, 0.2) is 0 Å². The van der Waals surface area contributed by atoms with Gasteiger partial charge >= 0.3 is 6.18 Å². The zero-order valence-electron chi connectivity index (χ0n) is 10.6. The molecule has 0 aliphatic rings. The molecule has 1 heterocycles. The van der Waals surface area contributed by atoms with Crippen LogP contribution in [0.5, 0.6) is 0 Å². The van der Waals surface area contributed by atoms with Crippen LogP contribution in [-0.4, -0.2) is 35.2 Å². The number of halogens is 3. The molecule has 8 heteroatoms. The monoisotopic (exact) mass is 282 g/mol. The lowest BCUT2D eigenvalue weighted by atomic mass is 9.96. The summed E-state index contributed by atoms with van der Waals surface area (Å²) in [5.41, 5.74) is 5.05. The third kappa shape index (κ3) is 4.41. The molecular weight excluding hydrogens is 265 g/mol. The van der Waals surface area contributed by atoms with Gasteiger partial charge in [-0.2, -0.15) is 17.5 Å². The third-order valence-corrected chi connectivity index (χ3v) is 2.90. The second-order valence-electron chi connectivity index (χ2n) is 4.98. The number of alkyl halides is 3. The predicted octanol–water partition coefficient (Wildman–Crippen LogP) is 2.16. The summed E-state index contributed by atoms with van der Waals surface area (Å²) in [4.78, 5) is 5.28. The minimum absolute atomic E-state index is 0.109. The van der Waals surface area contributed by atoms with Gasteiger partial charge < -0.3 is 10.6 Å². The summed E-state index contributed by atoms with van der Waals surface area (Å²) in [6.45, 7) is 4.93. The van der Waals surface area contributed by atoms with E-state index in [9.17, 15) is 13.2 Å². The molecule has 0 aliphatic heterocycles. The van der Waals surface area contributed by atoms with Crippen molar-refractivity contribution in [3.63, 3.8) is 0 Å². The first-order valence-corrected chi connectivity index (χ1v) is 6.27. The minimum atomic E-state index is -4.28. The lowest BCUT2D eigenvalue weighted by Crippen LogP contribution is -2.37. The molecule has 0 radical (unpaired) electrons. The van der Waals surface area contributed by atoms with Crippen LogP contribution in [0.1, 0.15) is 26.6 Å². The molecule has 0 unspecified atom stereocenters. The van der Waals surface area contributed by atoms with E-state index in [-0.39, 0.29) is 23.6 Å². The Labute approximate surface area is 108 Å². The van der Waals surface area contributed by atoms with Crippen LogP contribution < -0.4 is 10.6 Å². The zero-order valence-corrected chi connectivity index (χ0v) is 11.4. The van der Waals surface area contributed by atoms with Gasteiger partial charge in [0.1, 0.15) is 12.4 Å². The molecule has 2 N–H and O–H groups in total. The van der Waals surface area contributed by atoms with Gasteiger partial charge in [0.15, 0.2) is 0 Å². The maximum Gasteiger partial charge on any atom is 0.406 e. The van der Waals surface area contributed by atoms with Gasteiger partial charge in [-0.3, -0.25) is 0 Å². The highest BCUT2D eigenvalue weighted by atomic mass is 32.1. The lowest BCUT2D eigenvalue weighted by molar-refractivity contribution is -0.119. The second-order valence-corrected chi connectivity index (χ2v) is 5.71. The lowest BCUT2D eigenvalue weighted by Gasteiger charge is -2.22. The van der Waals surface area contributed by atoms with E-state index in [1.54, 1.807) is 0 Å². The van der Waals surface area contributed by atoms with Crippen molar-refractivity contribution in [1.29, 1.82) is 0 Å². The van der Waals surface area contributed by atoms with E-state index in [0.717, 1.165) is 16.4 Å².